The fourth-order valence-electron chi connectivity index (χ4n) is 6.84. The zero-order valence-electron chi connectivity index (χ0n) is 18.6. The number of anilines is 1. The third kappa shape index (κ3) is 3.58. The minimum absolute atomic E-state index is 0.0571. The fourth-order valence-corrected chi connectivity index (χ4v) is 7.77. The molecule has 34 heavy (non-hydrogen) atoms. The summed E-state index contributed by atoms with van der Waals surface area (Å²) in [5.74, 6) is 0.524. The lowest BCUT2D eigenvalue weighted by Crippen LogP contribution is -2.60. The van der Waals surface area contributed by atoms with Crippen LogP contribution in [0.2, 0.25) is 0 Å². The highest BCUT2D eigenvalue weighted by Gasteiger charge is 2.62. The summed E-state index contributed by atoms with van der Waals surface area (Å²) in [5.41, 5.74) is -0.0430. The van der Waals surface area contributed by atoms with Crippen LogP contribution >= 0.6 is 11.8 Å². The predicted octanol–water partition coefficient (Wildman–Crippen LogP) is 5.27. The van der Waals surface area contributed by atoms with Gasteiger partial charge in [-0.1, -0.05) is 47.1 Å². The number of hydrogen-bond donors (Lipinski definition) is 1. The van der Waals surface area contributed by atoms with Gasteiger partial charge in [-0.3, -0.25) is 4.79 Å². The van der Waals surface area contributed by atoms with Gasteiger partial charge in [0, 0.05) is 14.9 Å². The molecule has 4 fully saturated rings. The number of amides is 1. The van der Waals surface area contributed by atoms with E-state index in [0.29, 0.717) is 18.3 Å². The first kappa shape index (κ1) is 21.3. The molecule has 0 radical (unpaired) electrons. The number of hydrogen-bond acceptors (Lipinski definition) is 6. The van der Waals surface area contributed by atoms with Crippen molar-refractivity contribution in [1.82, 2.24) is 14.8 Å². The molecular weight excluding hydrogens is 450 g/mol. The summed E-state index contributed by atoms with van der Waals surface area (Å²) < 4.78 is 1.70. The van der Waals surface area contributed by atoms with E-state index in [0.717, 1.165) is 47.6 Å². The summed E-state index contributed by atoms with van der Waals surface area (Å²) in [4.78, 5) is 30.5. The van der Waals surface area contributed by atoms with E-state index in [1.165, 1.54) is 6.33 Å². The van der Waals surface area contributed by atoms with Crippen LogP contribution in [0.5, 0.6) is 0 Å². The fraction of sp³-hybridized carbons (Fsp3) is 0.400. The van der Waals surface area contributed by atoms with Gasteiger partial charge in [0.05, 0.1) is 16.6 Å². The normalized spacial score (nSPS) is 29.2. The minimum atomic E-state index is -0.555. The van der Waals surface area contributed by atoms with Crippen molar-refractivity contribution in [1.29, 1.82) is 0 Å². The smallest absolute Gasteiger partial charge is 0.390 e. The van der Waals surface area contributed by atoms with E-state index >= 15 is 0 Å². The van der Waals surface area contributed by atoms with Crippen molar-refractivity contribution in [2.75, 3.05) is 5.32 Å². The molecule has 2 aromatic carbocycles. The Labute approximate surface area is 201 Å². The van der Waals surface area contributed by atoms with Gasteiger partial charge in [0.2, 0.25) is 12.2 Å². The topological polar surface area (TPSA) is 103 Å². The molecule has 7 rings (SSSR count). The summed E-state index contributed by atoms with van der Waals surface area (Å²) >= 11 is 1.63. The van der Waals surface area contributed by atoms with E-state index in [1.807, 2.05) is 42.5 Å². The molecule has 1 amide bonds. The average molecular weight is 476 g/mol. The van der Waals surface area contributed by atoms with Crippen LogP contribution in [0.3, 0.4) is 0 Å². The minimum Gasteiger partial charge on any atom is -0.390 e. The Balaban J connectivity index is 1.29. The molecule has 1 N–H and O–H groups in total. The Bertz CT molecular complexity index is 1250. The predicted molar refractivity (Wildman–Crippen MR) is 127 cm³/mol. The molecule has 8 nitrogen and oxygen atoms in total. The SMILES string of the molecule is O=C(Nc1ccccc1Sc1ccccc1)C12CC3CC(C1)CC(n1cnc([N+](=O)[O-])n1)(C3)C2. The molecule has 2 unspecified atom stereocenters. The second kappa shape index (κ2) is 7.94. The summed E-state index contributed by atoms with van der Waals surface area (Å²) in [7, 11) is 0. The van der Waals surface area contributed by atoms with E-state index in [-0.39, 0.29) is 17.4 Å². The van der Waals surface area contributed by atoms with Crippen LogP contribution in [-0.4, -0.2) is 25.6 Å². The molecule has 174 valence electrons. The molecule has 4 saturated carbocycles. The summed E-state index contributed by atoms with van der Waals surface area (Å²) in [6.45, 7) is 0. The number of nitro groups is 1. The van der Waals surface area contributed by atoms with Crippen LogP contribution in [0.15, 0.2) is 70.7 Å². The number of rotatable bonds is 6. The van der Waals surface area contributed by atoms with Crippen molar-refractivity contribution < 1.29 is 9.72 Å². The molecule has 4 aliphatic carbocycles. The molecule has 0 saturated heterocycles. The van der Waals surface area contributed by atoms with Crippen LogP contribution in [0.4, 0.5) is 11.6 Å². The van der Waals surface area contributed by atoms with Crippen LogP contribution in [0.25, 0.3) is 0 Å². The van der Waals surface area contributed by atoms with E-state index in [9.17, 15) is 14.9 Å². The number of carbonyl (C=O) groups is 1. The number of nitrogens with one attached hydrogen (secondary N) is 1. The van der Waals surface area contributed by atoms with Crippen molar-refractivity contribution in [3.8, 4) is 0 Å². The molecule has 3 aromatic rings. The van der Waals surface area contributed by atoms with Crippen molar-refractivity contribution in [3.05, 3.63) is 71.0 Å². The Hall–Kier alpha value is -3.20. The van der Waals surface area contributed by atoms with Gasteiger partial charge in [0.1, 0.15) is 0 Å². The van der Waals surface area contributed by atoms with Gasteiger partial charge >= 0.3 is 5.95 Å². The van der Waals surface area contributed by atoms with Crippen LogP contribution in [0, 0.1) is 27.4 Å². The van der Waals surface area contributed by atoms with E-state index in [2.05, 4.69) is 27.5 Å². The van der Waals surface area contributed by atoms with Gasteiger partial charge in [-0.25, -0.2) is 0 Å². The van der Waals surface area contributed by atoms with Gasteiger partial charge in [-0.15, -0.1) is 0 Å². The van der Waals surface area contributed by atoms with Gasteiger partial charge in [0.15, 0.2) is 0 Å². The molecule has 4 bridgehead atoms. The number of nitrogens with zero attached hydrogens (tertiary/aromatic N) is 4. The van der Waals surface area contributed by atoms with E-state index in [4.69, 9.17) is 0 Å². The highest BCUT2D eigenvalue weighted by molar-refractivity contribution is 7.99. The van der Waals surface area contributed by atoms with Crippen LogP contribution in [0.1, 0.15) is 38.5 Å². The standard InChI is InChI=1S/C25H25N5O3S/c31-22(27-20-8-4-5-9-21(20)34-19-6-2-1-3-7-19)24-11-17-10-18(12-24)14-25(13-17,15-24)29-16-26-23(28-29)30(32)33/h1-9,16-18H,10-15H2,(H,27,31). The molecular formula is C25H25N5O3S. The van der Waals surface area contributed by atoms with Crippen LogP contribution < -0.4 is 5.32 Å². The lowest BCUT2D eigenvalue weighted by Gasteiger charge is -2.60. The third-order valence-electron chi connectivity index (χ3n) is 7.75. The first-order valence-electron chi connectivity index (χ1n) is 11.6. The Kier molecular flexibility index (Phi) is 4.98. The van der Waals surface area contributed by atoms with E-state index < -0.39 is 10.3 Å². The number of benzene rings is 2. The maximum atomic E-state index is 13.9. The van der Waals surface area contributed by atoms with Crippen molar-refractivity contribution in [2.45, 2.75) is 53.9 Å². The third-order valence-corrected chi connectivity index (χ3v) is 8.83. The number of carbonyl (C=O) groups excluding carboxylic acids is 1. The molecule has 4 aliphatic rings. The molecule has 2 atom stereocenters. The lowest BCUT2D eigenvalue weighted by molar-refractivity contribution is -0.394. The van der Waals surface area contributed by atoms with Gasteiger partial charge in [0.25, 0.3) is 0 Å². The first-order valence-corrected chi connectivity index (χ1v) is 12.5. The highest BCUT2D eigenvalue weighted by Crippen LogP contribution is 2.64. The second-order valence-electron chi connectivity index (χ2n) is 10.1. The molecule has 1 heterocycles. The summed E-state index contributed by atoms with van der Waals surface area (Å²) in [6, 6.07) is 18.0. The Morgan fingerprint density at radius 2 is 1.76 bits per heavy atom. The molecule has 1 aromatic heterocycles. The van der Waals surface area contributed by atoms with Gasteiger partial charge in [-0.05, 0) is 79.5 Å². The largest absolute Gasteiger partial charge is 0.490 e. The van der Waals surface area contributed by atoms with E-state index in [1.54, 1.807) is 16.4 Å². The van der Waals surface area contributed by atoms with Crippen molar-refractivity contribution in [2.24, 2.45) is 17.3 Å². The van der Waals surface area contributed by atoms with Gasteiger partial charge in [-0.2, -0.15) is 4.68 Å². The Morgan fingerprint density at radius 1 is 1.06 bits per heavy atom. The monoisotopic (exact) mass is 475 g/mol. The molecule has 9 heteroatoms. The first-order chi connectivity index (χ1) is 16.4. The maximum Gasteiger partial charge on any atom is 0.490 e. The average Bonchev–Trinajstić information content (AvgIpc) is 3.32. The summed E-state index contributed by atoms with van der Waals surface area (Å²) in [6.07, 6.45) is 6.78. The molecule has 0 spiro atoms. The number of aromatic nitrogens is 3. The quantitative estimate of drug-likeness (QED) is 0.385. The molecule has 0 aliphatic heterocycles. The number of para-hydroxylation sites is 1. The Morgan fingerprint density at radius 3 is 2.47 bits per heavy atom. The highest BCUT2D eigenvalue weighted by atomic mass is 32.2. The lowest BCUT2D eigenvalue weighted by atomic mass is 9.46. The van der Waals surface area contributed by atoms with Crippen LogP contribution in [-0.2, 0) is 10.3 Å². The zero-order chi connectivity index (χ0) is 23.3. The maximum absolute atomic E-state index is 13.9. The van der Waals surface area contributed by atoms with Crippen molar-refractivity contribution >= 4 is 29.3 Å². The van der Waals surface area contributed by atoms with Crippen molar-refractivity contribution in [3.63, 3.8) is 0 Å². The van der Waals surface area contributed by atoms with Gasteiger partial charge < -0.3 is 15.4 Å². The summed E-state index contributed by atoms with van der Waals surface area (Å²) in [5, 5.41) is 18.7. The second-order valence-corrected chi connectivity index (χ2v) is 11.2. The zero-order valence-corrected chi connectivity index (χ0v) is 19.4.